The first-order chi connectivity index (χ1) is 14.0. The van der Waals surface area contributed by atoms with Gasteiger partial charge in [-0.3, -0.25) is 4.79 Å². The zero-order valence-corrected chi connectivity index (χ0v) is 14.9. The van der Waals surface area contributed by atoms with Crippen molar-refractivity contribution in [2.24, 2.45) is 0 Å². The Morgan fingerprint density at radius 2 is 1.79 bits per heavy atom. The van der Waals surface area contributed by atoms with Crippen molar-refractivity contribution in [3.8, 4) is 22.5 Å². The Bertz CT molecular complexity index is 1180. The van der Waals surface area contributed by atoms with E-state index in [0.717, 1.165) is 0 Å². The fourth-order valence-corrected chi connectivity index (χ4v) is 2.99. The number of amides is 1. The topological polar surface area (TPSA) is 68.0 Å². The van der Waals surface area contributed by atoms with Crippen LogP contribution in [0.5, 0.6) is 0 Å². The van der Waals surface area contributed by atoms with E-state index in [2.05, 4.69) is 15.5 Å². The summed E-state index contributed by atoms with van der Waals surface area (Å²) in [6.45, 7) is -0.816. The van der Waals surface area contributed by atoms with Crippen molar-refractivity contribution in [1.29, 1.82) is 0 Å². The van der Waals surface area contributed by atoms with Gasteiger partial charge in [-0.2, -0.15) is 0 Å². The quantitative estimate of drug-likeness (QED) is 0.531. The van der Waals surface area contributed by atoms with Gasteiger partial charge in [-0.1, -0.05) is 47.6 Å². The van der Waals surface area contributed by atoms with E-state index < -0.39 is 24.7 Å². The molecular formula is C21H14F3N3O2. The normalized spacial score (nSPS) is 11.2. The lowest BCUT2D eigenvalue weighted by molar-refractivity contribution is 0.0893. The van der Waals surface area contributed by atoms with E-state index in [1.165, 1.54) is 24.3 Å². The summed E-state index contributed by atoms with van der Waals surface area (Å²) in [7, 11) is 0. The van der Waals surface area contributed by atoms with Crippen molar-refractivity contribution < 1.29 is 22.5 Å². The van der Waals surface area contributed by atoms with Crippen LogP contribution in [-0.4, -0.2) is 29.0 Å². The van der Waals surface area contributed by atoms with Crippen LogP contribution < -0.4 is 5.32 Å². The number of nitrogens with zero attached hydrogens (tertiary/aromatic N) is 2. The van der Waals surface area contributed by atoms with Gasteiger partial charge < -0.3 is 9.84 Å². The lowest BCUT2D eigenvalue weighted by Crippen LogP contribution is -2.28. The van der Waals surface area contributed by atoms with Gasteiger partial charge in [-0.15, -0.1) is 0 Å². The fourth-order valence-electron chi connectivity index (χ4n) is 2.99. The highest BCUT2D eigenvalue weighted by atomic mass is 19.3. The molecule has 2 aromatic carbocycles. The molecule has 0 radical (unpaired) electrons. The molecule has 1 amide bonds. The van der Waals surface area contributed by atoms with Gasteiger partial charge in [0.05, 0.1) is 23.2 Å². The number of hydrogen-bond acceptors (Lipinski definition) is 4. The molecule has 4 rings (SSSR count). The lowest BCUT2D eigenvalue weighted by Gasteiger charge is -2.09. The molecule has 0 bridgehead atoms. The summed E-state index contributed by atoms with van der Waals surface area (Å²) >= 11 is 0. The van der Waals surface area contributed by atoms with Crippen molar-refractivity contribution >= 4 is 17.0 Å². The van der Waals surface area contributed by atoms with E-state index in [1.54, 1.807) is 30.3 Å². The molecule has 0 fully saturated rings. The fraction of sp³-hybridized carbons (Fsp3) is 0.0952. The molecule has 0 spiro atoms. The molecule has 0 aliphatic carbocycles. The predicted molar refractivity (Wildman–Crippen MR) is 101 cm³/mol. The largest absolute Gasteiger partial charge is 0.346 e. The third-order valence-corrected chi connectivity index (χ3v) is 4.31. The summed E-state index contributed by atoms with van der Waals surface area (Å²) in [4.78, 5) is 17.1. The second-order valence-electron chi connectivity index (χ2n) is 6.21. The summed E-state index contributed by atoms with van der Waals surface area (Å²) in [5, 5.41) is 6.22. The standard InChI is InChI=1S/C21H14F3N3O2/c22-15-9-5-4-8-13(15)19-18-14(20(28)25-11-17(23)24)10-16(26-21(18)29-27-19)12-6-2-1-3-7-12/h1-10,17H,11H2,(H,25,28). The summed E-state index contributed by atoms with van der Waals surface area (Å²) in [6, 6.07) is 16.3. The highest BCUT2D eigenvalue weighted by molar-refractivity contribution is 6.10. The minimum Gasteiger partial charge on any atom is -0.346 e. The monoisotopic (exact) mass is 397 g/mol. The van der Waals surface area contributed by atoms with E-state index in [4.69, 9.17) is 4.52 Å². The van der Waals surface area contributed by atoms with Crippen LogP contribution in [0.15, 0.2) is 65.2 Å². The molecule has 29 heavy (non-hydrogen) atoms. The van der Waals surface area contributed by atoms with Crippen LogP contribution in [0.1, 0.15) is 10.4 Å². The number of alkyl halides is 2. The number of hydrogen-bond donors (Lipinski definition) is 1. The number of carbonyl (C=O) groups excluding carboxylic acids is 1. The Labute approximate surface area is 163 Å². The van der Waals surface area contributed by atoms with Crippen LogP contribution in [0.2, 0.25) is 0 Å². The molecule has 8 heteroatoms. The molecule has 5 nitrogen and oxygen atoms in total. The third-order valence-electron chi connectivity index (χ3n) is 4.31. The van der Waals surface area contributed by atoms with Gasteiger partial charge in [0, 0.05) is 11.1 Å². The van der Waals surface area contributed by atoms with E-state index in [-0.39, 0.29) is 27.9 Å². The Morgan fingerprint density at radius 1 is 1.07 bits per heavy atom. The van der Waals surface area contributed by atoms with Gasteiger partial charge in [0.15, 0.2) is 0 Å². The first kappa shape index (κ1) is 18.7. The van der Waals surface area contributed by atoms with Gasteiger partial charge in [0.1, 0.15) is 11.5 Å². The molecule has 2 aromatic heterocycles. The summed E-state index contributed by atoms with van der Waals surface area (Å²) in [5.41, 5.74) is 1.31. The minimum absolute atomic E-state index is 0.00630. The highest BCUT2D eigenvalue weighted by Gasteiger charge is 2.23. The molecule has 0 unspecified atom stereocenters. The average molecular weight is 397 g/mol. The van der Waals surface area contributed by atoms with Crippen LogP contribution in [0, 0.1) is 5.82 Å². The zero-order valence-electron chi connectivity index (χ0n) is 14.9. The number of rotatable bonds is 5. The number of aromatic nitrogens is 2. The maximum atomic E-state index is 14.3. The van der Waals surface area contributed by atoms with Crippen molar-refractivity contribution in [2.75, 3.05) is 6.54 Å². The molecule has 0 aliphatic rings. The van der Waals surface area contributed by atoms with Crippen LogP contribution in [0.25, 0.3) is 33.6 Å². The zero-order chi connectivity index (χ0) is 20.4. The number of fused-ring (bicyclic) bond motifs is 1. The first-order valence-corrected chi connectivity index (χ1v) is 8.71. The number of pyridine rings is 1. The van der Waals surface area contributed by atoms with Gasteiger partial charge in [0.25, 0.3) is 18.0 Å². The maximum absolute atomic E-state index is 14.3. The van der Waals surface area contributed by atoms with Crippen LogP contribution >= 0.6 is 0 Å². The van der Waals surface area contributed by atoms with Gasteiger partial charge in [0.2, 0.25) is 0 Å². The SMILES string of the molecule is O=C(NCC(F)F)c1cc(-c2ccccc2)nc2onc(-c3ccccc3F)c12. The summed E-state index contributed by atoms with van der Waals surface area (Å²) in [5.74, 6) is -1.32. The summed E-state index contributed by atoms with van der Waals surface area (Å²) in [6.07, 6.45) is -2.71. The first-order valence-electron chi connectivity index (χ1n) is 8.71. The lowest BCUT2D eigenvalue weighted by atomic mass is 10.0. The number of halogens is 3. The summed E-state index contributed by atoms with van der Waals surface area (Å²) < 4.78 is 44.8. The molecule has 0 atom stereocenters. The van der Waals surface area contributed by atoms with Crippen LogP contribution in [0.4, 0.5) is 13.2 Å². The number of carbonyl (C=O) groups is 1. The molecular weight excluding hydrogens is 383 g/mol. The van der Waals surface area contributed by atoms with Gasteiger partial charge in [-0.25, -0.2) is 18.2 Å². The van der Waals surface area contributed by atoms with Gasteiger partial charge >= 0.3 is 0 Å². The maximum Gasteiger partial charge on any atom is 0.259 e. The van der Waals surface area contributed by atoms with E-state index in [1.807, 2.05) is 6.07 Å². The second kappa shape index (κ2) is 7.75. The Kier molecular flexibility index (Phi) is 4.99. The molecule has 4 aromatic rings. The van der Waals surface area contributed by atoms with Gasteiger partial charge in [-0.05, 0) is 18.2 Å². The van der Waals surface area contributed by atoms with Crippen molar-refractivity contribution in [1.82, 2.24) is 15.5 Å². The van der Waals surface area contributed by atoms with E-state index in [9.17, 15) is 18.0 Å². The van der Waals surface area contributed by atoms with E-state index >= 15 is 0 Å². The van der Waals surface area contributed by atoms with Crippen molar-refractivity contribution in [3.63, 3.8) is 0 Å². The Morgan fingerprint density at radius 3 is 2.52 bits per heavy atom. The Hall–Kier alpha value is -3.68. The third kappa shape index (κ3) is 3.69. The molecule has 0 saturated carbocycles. The predicted octanol–water partition coefficient (Wildman–Crippen LogP) is 4.69. The average Bonchev–Trinajstić information content (AvgIpc) is 3.16. The molecule has 1 N–H and O–H groups in total. The minimum atomic E-state index is -2.71. The molecule has 146 valence electrons. The molecule has 2 heterocycles. The van der Waals surface area contributed by atoms with Crippen LogP contribution in [-0.2, 0) is 0 Å². The van der Waals surface area contributed by atoms with Crippen LogP contribution in [0.3, 0.4) is 0 Å². The molecule has 0 saturated heterocycles. The van der Waals surface area contributed by atoms with E-state index in [0.29, 0.717) is 11.3 Å². The highest BCUT2D eigenvalue weighted by Crippen LogP contribution is 2.33. The number of nitrogens with one attached hydrogen (secondary N) is 1. The number of benzene rings is 2. The van der Waals surface area contributed by atoms with Crippen molar-refractivity contribution in [3.05, 3.63) is 72.0 Å². The van der Waals surface area contributed by atoms with Crippen molar-refractivity contribution in [2.45, 2.75) is 6.43 Å². The molecule has 0 aliphatic heterocycles. The second-order valence-corrected chi connectivity index (χ2v) is 6.21. The smallest absolute Gasteiger partial charge is 0.259 e. The Balaban J connectivity index is 1.92.